The van der Waals surface area contributed by atoms with Crippen LogP contribution in [0.3, 0.4) is 0 Å². The van der Waals surface area contributed by atoms with Crippen LogP contribution in [0, 0.1) is 0 Å². The first-order valence-corrected chi connectivity index (χ1v) is 7.97. The first-order chi connectivity index (χ1) is 10.3. The van der Waals surface area contributed by atoms with Crippen LogP contribution in [-0.4, -0.2) is 47.5 Å². The fourth-order valence-corrected chi connectivity index (χ4v) is 3.46. The second kappa shape index (κ2) is 7.00. The lowest BCUT2D eigenvalue weighted by atomic mass is 10.0. The number of piperidine rings is 1. The van der Waals surface area contributed by atoms with Gasteiger partial charge in [0.15, 0.2) is 0 Å². The van der Waals surface area contributed by atoms with E-state index >= 15 is 0 Å². The highest BCUT2D eigenvalue weighted by Crippen LogP contribution is 2.24. The van der Waals surface area contributed by atoms with Gasteiger partial charge in [-0.3, -0.25) is 14.7 Å². The van der Waals surface area contributed by atoms with E-state index in [1.54, 1.807) is 12.4 Å². The molecule has 1 atom stereocenters. The maximum Gasteiger partial charge on any atom is 0.237 e. The van der Waals surface area contributed by atoms with Gasteiger partial charge in [0, 0.05) is 25.0 Å². The molecule has 1 aromatic rings. The Balaban J connectivity index is 1.55. The first-order valence-electron chi connectivity index (χ1n) is 7.97. The molecule has 5 heteroatoms. The summed E-state index contributed by atoms with van der Waals surface area (Å²) in [5.74, 6) is 0.176. The summed E-state index contributed by atoms with van der Waals surface area (Å²) in [5.41, 5.74) is 1.05. The van der Waals surface area contributed by atoms with Crippen LogP contribution in [0.2, 0.25) is 0 Å². The Labute approximate surface area is 126 Å². The van der Waals surface area contributed by atoms with E-state index in [0.29, 0.717) is 12.6 Å². The molecule has 2 aliphatic heterocycles. The number of nitrogens with one attached hydrogen (secondary N) is 2. The molecule has 1 unspecified atom stereocenters. The number of hydrogen-bond donors (Lipinski definition) is 2. The molecule has 2 fully saturated rings. The topological polar surface area (TPSA) is 57.3 Å². The molecular formula is C16H24N4O. The molecule has 0 saturated carbocycles. The Morgan fingerprint density at radius 1 is 1.38 bits per heavy atom. The van der Waals surface area contributed by atoms with Gasteiger partial charge < -0.3 is 10.6 Å². The lowest BCUT2D eigenvalue weighted by Gasteiger charge is -2.35. The summed E-state index contributed by atoms with van der Waals surface area (Å²) in [4.78, 5) is 19.0. The zero-order valence-electron chi connectivity index (χ0n) is 12.4. The molecule has 3 rings (SSSR count). The molecule has 0 radical (unpaired) electrons. The van der Waals surface area contributed by atoms with E-state index in [9.17, 15) is 4.79 Å². The minimum absolute atomic E-state index is 0.0600. The third-order valence-electron chi connectivity index (χ3n) is 4.56. The summed E-state index contributed by atoms with van der Waals surface area (Å²) in [6.07, 6.45) is 8.00. The lowest BCUT2D eigenvalue weighted by molar-refractivity contribution is -0.126. The van der Waals surface area contributed by atoms with Gasteiger partial charge in [-0.25, -0.2) is 0 Å². The third kappa shape index (κ3) is 3.60. The van der Waals surface area contributed by atoms with Crippen LogP contribution in [-0.2, 0) is 11.3 Å². The Bertz CT molecular complexity index is 459. The maximum atomic E-state index is 12.5. The first kappa shape index (κ1) is 14.5. The second-order valence-corrected chi connectivity index (χ2v) is 5.96. The molecule has 2 saturated heterocycles. The van der Waals surface area contributed by atoms with Crippen molar-refractivity contribution < 1.29 is 4.79 Å². The zero-order valence-corrected chi connectivity index (χ0v) is 12.4. The van der Waals surface area contributed by atoms with Crippen LogP contribution in [0.5, 0.6) is 0 Å². The van der Waals surface area contributed by atoms with Crippen molar-refractivity contribution >= 4 is 5.91 Å². The summed E-state index contributed by atoms with van der Waals surface area (Å²) >= 11 is 0. The Morgan fingerprint density at radius 3 is 3.00 bits per heavy atom. The summed E-state index contributed by atoms with van der Waals surface area (Å²) in [6.45, 7) is 3.79. The average Bonchev–Trinajstić information content (AvgIpc) is 3.04. The largest absolute Gasteiger partial charge is 0.351 e. The van der Waals surface area contributed by atoms with Gasteiger partial charge in [-0.15, -0.1) is 0 Å². The molecule has 3 heterocycles. The molecule has 0 bridgehead atoms. The molecule has 0 spiro atoms. The zero-order chi connectivity index (χ0) is 14.5. The number of hydrogen-bond acceptors (Lipinski definition) is 4. The molecular weight excluding hydrogens is 264 g/mol. The average molecular weight is 288 g/mol. The van der Waals surface area contributed by atoms with Gasteiger partial charge in [0.1, 0.15) is 0 Å². The number of carbonyl (C=O) groups excluding carboxylic acids is 1. The molecule has 21 heavy (non-hydrogen) atoms. The van der Waals surface area contributed by atoms with E-state index < -0.39 is 0 Å². The van der Waals surface area contributed by atoms with Gasteiger partial charge in [0.2, 0.25) is 5.91 Å². The predicted octanol–water partition coefficient (Wildman–Crippen LogP) is 0.914. The monoisotopic (exact) mass is 288 g/mol. The molecule has 2 aliphatic rings. The molecule has 5 nitrogen and oxygen atoms in total. The molecule has 1 aromatic heterocycles. The van der Waals surface area contributed by atoms with Gasteiger partial charge in [-0.05, 0) is 56.9 Å². The third-order valence-corrected chi connectivity index (χ3v) is 4.56. The van der Waals surface area contributed by atoms with Gasteiger partial charge in [0.25, 0.3) is 0 Å². The normalized spacial score (nSPS) is 24.1. The highest BCUT2D eigenvalue weighted by atomic mass is 16.2. The highest BCUT2D eigenvalue weighted by Gasteiger charge is 2.35. The van der Waals surface area contributed by atoms with Crippen molar-refractivity contribution in [2.45, 2.75) is 44.3 Å². The number of carbonyl (C=O) groups is 1. The Hall–Kier alpha value is -1.46. The number of pyridine rings is 1. The van der Waals surface area contributed by atoms with Crippen LogP contribution in [0.1, 0.15) is 31.2 Å². The van der Waals surface area contributed by atoms with E-state index in [1.807, 2.05) is 12.1 Å². The van der Waals surface area contributed by atoms with Crippen molar-refractivity contribution in [3.05, 3.63) is 30.1 Å². The van der Waals surface area contributed by atoms with Gasteiger partial charge >= 0.3 is 0 Å². The van der Waals surface area contributed by atoms with E-state index in [1.165, 1.54) is 0 Å². The van der Waals surface area contributed by atoms with Crippen LogP contribution >= 0.6 is 0 Å². The molecule has 2 N–H and O–H groups in total. The predicted molar refractivity (Wildman–Crippen MR) is 81.7 cm³/mol. The molecule has 114 valence electrons. The molecule has 0 aliphatic carbocycles. The van der Waals surface area contributed by atoms with Crippen molar-refractivity contribution in [1.82, 2.24) is 20.5 Å². The number of amides is 1. The van der Waals surface area contributed by atoms with Gasteiger partial charge in [-0.1, -0.05) is 6.07 Å². The standard InChI is InChI=1S/C16H24N4O/c21-16(19-12-13-3-1-7-18-11-13)15-4-2-10-20(15)14-5-8-17-9-6-14/h1,3,7,11,14-15,17H,2,4-6,8-10,12H2,(H,19,21). The smallest absolute Gasteiger partial charge is 0.237 e. The minimum atomic E-state index is 0.0600. The number of likely N-dealkylation sites (tertiary alicyclic amines) is 1. The fourth-order valence-electron chi connectivity index (χ4n) is 3.46. The number of aromatic nitrogens is 1. The van der Waals surface area contributed by atoms with Crippen molar-refractivity contribution in [1.29, 1.82) is 0 Å². The Morgan fingerprint density at radius 2 is 2.24 bits per heavy atom. The SMILES string of the molecule is O=C(NCc1cccnc1)C1CCCN1C1CCNCC1. The van der Waals surface area contributed by atoms with Crippen LogP contribution < -0.4 is 10.6 Å². The lowest BCUT2D eigenvalue weighted by Crippen LogP contribution is -2.50. The summed E-state index contributed by atoms with van der Waals surface area (Å²) in [5, 5.41) is 6.47. The summed E-state index contributed by atoms with van der Waals surface area (Å²) in [7, 11) is 0. The maximum absolute atomic E-state index is 12.5. The van der Waals surface area contributed by atoms with Crippen molar-refractivity contribution in [3.63, 3.8) is 0 Å². The van der Waals surface area contributed by atoms with Gasteiger partial charge in [0.05, 0.1) is 6.04 Å². The van der Waals surface area contributed by atoms with E-state index in [4.69, 9.17) is 0 Å². The van der Waals surface area contributed by atoms with Crippen molar-refractivity contribution in [3.8, 4) is 0 Å². The minimum Gasteiger partial charge on any atom is -0.351 e. The van der Waals surface area contributed by atoms with Crippen LogP contribution in [0.15, 0.2) is 24.5 Å². The van der Waals surface area contributed by atoms with Crippen molar-refractivity contribution in [2.75, 3.05) is 19.6 Å². The molecule has 1 amide bonds. The fraction of sp³-hybridized carbons (Fsp3) is 0.625. The van der Waals surface area contributed by atoms with E-state index in [2.05, 4.69) is 20.5 Å². The molecule has 0 aromatic carbocycles. The number of rotatable bonds is 4. The van der Waals surface area contributed by atoms with Crippen molar-refractivity contribution in [2.24, 2.45) is 0 Å². The number of nitrogens with zero attached hydrogens (tertiary/aromatic N) is 2. The van der Waals surface area contributed by atoms with Crippen LogP contribution in [0.25, 0.3) is 0 Å². The highest BCUT2D eigenvalue weighted by molar-refractivity contribution is 5.82. The second-order valence-electron chi connectivity index (χ2n) is 5.96. The van der Waals surface area contributed by atoms with Crippen LogP contribution in [0.4, 0.5) is 0 Å². The van der Waals surface area contributed by atoms with Gasteiger partial charge in [-0.2, -0.15) is 0 Å². The Kier molecular flexibility index (Phi) is 4.83. The quantitative estimate of drug-likeness (QED) is 0.865. The van der Waals surface area contributed by atoms with E-state index in [0.717, 1.165) is 50.9 Å². The van der Waals surface area contributed by atoms with E-state index in [-0.39, 0.29) is 11.9 Å². The summed E-state index contributed by atoms with van der Waals surface area (Å²) in [6, 6.07) is 4.53. The summed E-state index contributed by atoms with van der Waals surface area (Å²) < 4.78 is 0.